The molecule has 6 heteroatoms. The van der Waals surface area contributed by atoms with Crippen molar-refractivity contribution < 1.29 is 14.7 Å². The van der Waals surface area contributed by atoms with Gasteiger partial charge < -0.3 is 15.7 Å². The van der Waals surface area contributed by atoms with Crippen molar-refractivity contribution in [2.24, 2.45) is 0 Å². The zero-order valence-corrected chi connectivity index (χ0v) is 10.7. The van der Waals surface area contributed by atoms with Gasteiger partial charge in [0.1, 0.15) is 0 Å². The quantitative estimate of drug-likeness (QED) is 0.695. The van der Waals surface area contributed by atoms with Gasteiger partial charge in [0.2, 0.25) is 0 Å². The van der Waals surface area contributed by atoms with Gasteiger partial charge >= 0.3 is 11.8 Å². The minimum absolute atomic E-state index is 0.0400. The van der Waals surface area contributed by atoms with Crippen LogP contribution in [0.25, 0.3) is 0 Å². The van der Waals surface area contributed by atoms with E-state index in [2.05, 4.69) is 10.6 Å². The highest BCUT2D eigenvalue weighted by Crippen LogP contribution is 2.13. The second-order valence-electron chi connectivity index (χ2n) is 3.83. The summed E-state index contributed by atoms with van der Waals surface area (Å²) in [7, 11) is 0. The topological polar surface area (TPSA) is 78.4 Å². The molecular weight excluding hydrogens is 256 g/mol. The number of hydrogen-bond acceptors (Lipinski definition) is 3. The van der Waals surface area contributed by atoms with Crippen molar-refractivity contribution in [3.05, 3.63) is 34.9 Å². The zero-order chi connectivity index (χ0) is 13.5. The van der Waals surface area contributed by atoms with Crippen molar-refractivity contribution >= 4 is 23.4 Å². The molecule has 0 aromatic heterocycles. The number of carbonyl (C=O) groups excluding carboxylic acids is 2. The van der Waals surface area contributed by atoms with Crippen molar-refractivity contribution in [3.8, 4) is 0 Å². The number of aliphatic hydroxyl groups is 1. The summed E-state index contributed by atoms with van der Waals surface area (Å²) < 4.78 is 0. The maximum atomic E-state index is 11.4. The zero-order valence-electron chi connectivity index (χ0n) is 9.94. The maximum absolute atomic E-state index is 11.4. The lowest BCUT2D eigenvalue weighted by Crippen LogP contribution is -2.42. The van der Waals surface area contributed by atoms with E-state index in [1.807, 2.05) is 0 Å². The van der Waals surface area contributed by atoms with Gasteiger partial charge in [-0.25, -0.2) is 0 Å². The van der Waals surface area contributed by atoms with Gasteiger partial charge in [-0.1, -0.05) is 29.8 Å². The number of benzene rings is 1. The lowest BCUT2D eigenvalue weighted by molar-refractivity contribution is -0.139. The van der Waals surface area contributed by atoms with Gasteiger partial charge in [0.25, 0.3) is 0 Å². The summed E-state index contributed by atoms with van der Waals surface area (Å²) in [6.45, 7) is 1.74. The molecular formula is C12H15ClN2O3. The lowest BCUT2D eigenvalue weighted by atomic mass is 10.2. The van der Waals surface area contributed by atoms with Gasteiger partial charge in [-0.15, -0.1) is 0 Å². The van der Waals surface area contributed by atoms with Crippen LogP contribution < -0.4 is 10.6 Å². The molecule has 1 aromatic carbocycles. The highest BCUT2D eigenvalue weighted by Gasteiger charge is 2.13. The van der Waals surface area contributed by atoms with E-state index in [0.717, 1.165) is 5.56 Å². The Kier molecular flexibility index (Phi) is 5.61. The summed E-state index contributed by atoms with van der Waals surface area (Å²) in [4.78, 5) is 22.7. The smallest absolute Gasteiger partial charge is 0.309 e. The molecule has 0 spiro atoms. The van der Waals surface area contributed by atoms with Crippen LogP contribution in [0.2, 0.25) is 5.02 Å². The molecule has 0 saturated carbocycles. The van der Waals surface area contributed by atoms with Crippen LogP contribution in [0.3, 0.4) is 0 Å². The largest absolute Gasteiger partial charge is 0.392 e. The molecule has 1 rings (SSSR count). The SMILES string of the molecule is C[C@H](O)CNC(=O)C(=O)NCc1ccccc1Cl. The summed E-state index contributed by atoms with van der Waals surface area (Å²) in [6.07, 6.45) is -0.690. The van der Waals surface area contributed by atoms with E-state index in [-0.39, 0.29) is 13.1 Å². The van der Waals surface area contributed by atoms with Crippen molar-refractivity contribution in [3.63, 3.8) is 0 Å². The van der Waals surface area contributed by atoms with Gasteiger partial charge in [-0.2, -0.15) is 0 Å². The number of amides is 2. The first-order valence-electron chi connectivity index (χ1n) is 5.48. The molecule has 5 nitrogen and oxygen atoms in total. The normalized spacial score (nSPS) is 11.7. The Morgan fingerprint density at radius 2 is 1.89 bits per heavy atom. The maximum Gasteiger partial charge on any atom is 0.309 e. The summed E-state index contributed by atoms with van der Waals surface area (Å²) >= 11 is 5.91. The molecule has 3 N–H and O–H groups in total. The van der Waals surface area contributed by atoms with Crippen LogP contribution in [0, 0.1) is 0 Å². The molecule has 0 aliphatic heterocycles. The molecule has 0 aliphatic carbocycles. The van der Waals surface area contributed by atoms with E-state index in [0.29, 0.717) is 5.02 Å². The van der Waals surface area contributed by atoms with Gasteiger partial charge in [-0.3, -0.25) is 9.59 Å². The summed E-state index contributed by atoms with van der Waals surface area (Å²) in [5.41, 5.74) is 0.732. The fraction of sp³-hybridized carbons (Fsp3) is 0.333. The fourth-order valence-corrected chi connectivity index (χ4v) is 1.42. The highest BCUT2D eigenvalue weighted by molar-refractivity contribution is 6.35. The van der Waals surface area contributed by atoms with Gasteiger partial charge in [0, 0.05) is 18.1 Å². The van der Waals surface area contributed by atoms with Crippen LogP contribution >= 0.6 is 11.6 Å². The van der Waals surface area contributed by atoms with Gasteiger partial charge in [-0.05, 0) is 18.6 Å². The minimum atomic E-state index is -0.775. The van der Waals surface area contributed by atoms with Gasteiger partial charge in [0.15, 0.2) is 0 Å². The van der Waals surface area contributed by atoms with E-state index < -0.39 is 17.9 Å². The predicted molar refractivity (Wildman–Crippen MR) is 68.0 cm³/mol. The molecule has 98 valence electrons. The molecule has 0 fully saturated rings. The Hall–Kier alpha value is -1.59. The van der Waals surface area contributed by atoms with Gasteiger partial charge in [0.05, 0.1) is 6.10 Å². The summed E-state index contributed by atoms with van der Waals surface area (Å²) in [5, 5.41) is 14.2. The first-order chi connectivity index (χ1) is 8.50. The number of aliphatic hydroxyl groups excluding tert-OH is 1. The molecule has 0 bridgehead atoms. The molecule has 2 amide bonds. The van der Waals surface area contributed by atoms with Crippen molar-refractivity contribution in [2.45, 2.75) is 19.6 Å². The third kappa shape index (κ3) is 4.73. The van der Waals surface area contributed by atoms with Crippen LogP contribution in [-0.4, -0.2) is 29.6 Å². The number of halogens is 1. The standard InChI is InChI=1S/C12H15ClN2O3/c1-8(16)6-14-11(17)12(18)15-7-9-4-2-3-5-10(9)13/h2-5,8,16H,6-7H2,1H3,(H,14,17)(H,15,18)/t8-/m0/s1. The number of hydrogen-bond donors (Lipinski definition) is 3. The summed E-state index contributed by atoms with van der Waals surface area (Å²) in [5.74, 6) is -1.53. The minimum Gasteiger partial charge on any atom is -0.392 e. The Bertz CT molecular complexity index is 435. The first-order valence-corrected chi connectivity index (χ1v) is 5.86. The predicted octanol–water partition coefficient (Wildman–Crippen LogP) is 0.453. The Labute approximate surface area is 110 Å². The van der Waals surface area contributed by atoms with Crippen LogP contribution in [0.15, 0.2) is 24.3 Å². The molecule has 0 heterocycles. The lowest BCUT2D eigenvalue weighted by Gasteiger charge is -2.08. The molecule has 0 aliphatic rings. The molecule has 0 saturated heterocycles. The third-order valence-corrected chi connectivity index (χ3v) is 2.53. The van der Waals surface area contributed by atoms with Crippen LogP contribution in [0.4, 0.5) is 0 Å². The highest BCUT2D eigenvalue weighted by atomic mass is 35.5. The van der Waals surface area contributed by atoms with E-state index >= 15 is 0 Å². The average molecular weight is 271 g/mol. The van der Waals surface area contributed by atoms with Crippen molar-refractivity contribution in [2.75, 3.05) is 6.54 Å². The van der Waals surface area contributed by atoms with Crippen molar-refractivity contribution in [1.29, 1.82) is 0 Å². The Morgan fingerprint density at radius 1 is 1.28 bits per heavy atom. The number of carbonyl (C=O) groups is 2. The number of rotatable bonds is 4. The van der Waals surface area contributed by atoms with Crippen LogP contribution in [0.1, 0.15) is 12.5 Å². The third-order valence-electron chi connectivity index (χ3n) is 2.16. The molecule has 1 aromatic rings. The van der Waals surface area contributed by atoms with E-state index in [9.17, 15) is 9.59 Å². The van der Waals surface area contributed by atoms with Crippen LogP contribution in [-0.2, 0) is 16.1 Å². The molecule has 1 atom stereocenters. The van der Waals surface area contributed by atoms with E-state index in [4.69, 9.17) is 16.7 Å². The number of nitrogens with one attached hydrogen (secondary N) is 2. The van der Waals surface area contributed by atoms with E-state index in [1.165, 1.54) is 6.92 Å². The second kappa shape index (κ2) is 6.98. The Balaban J connectivity index is 2.42. The second-order valence-corrected chi connectivity index (χ2v) is 4.24. The fourth-order valence-electron chi connectivity index (χ4n) is 1.22. The summed E-state index contributed by atoms with van der Waals surface area (Å²) in [6, 6.07) is 7.04. The molecule has 0 radical (unpaired) electrons. The average Bonchev–Trinajstić information content (AvgIpc) is 2.34. The monoisotopic (exact) mass is 270 g/mol. The molecule has 18 heavy (non-hydrogen) atoms. The first kappa shape index (κ1) is 14.5. The van der Waals surface area contributed by atoms with Crippen LogP contribution in [0.5, 0.6) is 0 Å². The Morgan fingerprint density at radius 3 is 2.50 bits per heavy atom. The van der Waals surface area contributed by atoms with Crippen molar-refractivity contribution in [1.82, 2.24) is 10.6 Å². The van der Waals surface area contributed by atoms with E-state index in [1.54, 1.807) is 24.3 Å². The molecule has 0 unspecified atom stereocenters.